The summed E-state index contributed by atoms with van der Waals surface area (Å²) >= 11 is 1.79. The molecule has 0 N–H and O–H groups in total. The molecule has 0 aliphatic heterocycles. The third kappa shape index (κ3) is 4.30. The summed E-state index contributed by atoms with van der Waals surface area (Å²) in [7, 11) is 0. The summed E-state index contributed by atoms with van der Waals surface area (Å²) in [5.41, 5.74) is 8.04. The van der Waals surface area contributed by atoms with E-state index < -0.39 is 0 Å². The average Bonchev–Trinajstić information content (AvgIpc) is 3.88. The van der Waals surface area contributed by atoms with Crippen LogP contribution in [0.25, 0.3) is 104 Å². The Bertz CT molecular complexity index is 3030. The predicted molar refractivity (Wildman–Crippen MR) is 211 cm³/mol. The van der Waals surface area contributed by atoms with Gasteiger partial charge in [-0.3, -0.25) is 0 Å². The maximum Gasteiger partial charge on any atom is 0.164 e. The monoisotopic (exact) mass is 670 g/mol. The van der Waals surface area contributed by atoms with Crippen LogP contribution in [0.5, 0.6) is 0 Å². The van der Waals surface area contributed by atoms with E-state index in [9.17, 15) is 0 Å². The second kappa shape index (κ2) is 10.9. The lowest BCUT2D eigenvalue weighted by atomic mass is 10.1. The quantitative estimate of drug-likeness (QED) is 0.187. The van der Waals surface area contributed by atoms with E-state index >= 15 is 0 Å². The lowest BCUT2D eigenvalue weighted by Crippen LogP contribution is -2.00. The van der Waals surface area contributed by atoms with Crippen LogP contribution in [-0.4, -0.2) is 19.5 Å². The standard InChI is InChI=1S/C45H26N4OS/c1-3-12-27(13-4-1)43-46-44(28-14-5-2-6-15-28)48-45(47-43)29-22-23-32-33-24-25-34-40-37(20-11-21-39(40)51-42(34)41(33)50-38(32)26-29)49-35-18-9-7-16-30(35)31-17-8-10-19-36(31)49/h1-26H. The largest absolute Gasteiger partial charge is 0.455 e. The van der Waals surface area contributed by atoms with Gasteiger partial charge in [-0.15, -0.1) is 11.3 Å². The summed E-state index contributed by atoms with van der Waals surface area (Å²) in [5.74, 6) is 1.87. The SMILES string of the molecule is c1ccc(-c2nc(-c3ccccc3)nc(-c3ccc4c(c3)oc3c4ccc4c3sc3cccc(-n5c6ccccc6c6ccccc65)c34)n2)cc1. The molecule has 0 spiro atoms. The fraction of sp³-hybridized carbons (Fsp3) is 0. The lowest BCUT2D eigenvalue weighted by molar-refractivity contribution is 0.673. The van der Waals surface area contributed by atoms with Crippen LogP contribution in [0, 0.1) is 0 Å². The minimum absolute atomic E-state index is 0.605. The van der Waals surface area contributed by atoms with Crippen LogP contribution in [-0.2, 0) is 0 Å². The van der Waals surface area contributed by atoms with Crippen LogP contribution in [0.15, 0.2) is 162 Å². The molecule has 0 amide bonds. The van der Waals surface area contributed by atoms with Crippen molar-refractivity contribution in [1.29, 1.82) is 0 Å². The first kappa shape index (κ1) is 28.2. The molecular formula is C45H26N4OS. The number of para-hydroxylation sites is 2. The van der Waals surface area contributed by atoms with Crippen LogP contribution in [0.2, 0.25) is 0 Å². The summed E-state index contributed by atoms with van der Waals surface area (Å²) in [5, 5.41) is 7.10. The van der Waals surface area contributed by atoms with Crippen molar-refractivity contribution < 1.29 is 4.42 Å². The normalized spacial score (nSPS) is 11.9. The molecule has 7 aromatic carbocycles. The van der Waals surface area contributed by atoms with Crippen molar-refractivity contribution in [2.45, 2.75) is 0 Å². The van der Waals surface area contributed by atoms with E-state index in [0.29, 0.717) is 17.5 Å². The van der Waals surface area contributed by atoms with Gasteiger partial charge in [0.1, 0.15) is 5.58 Å². The van der Waals surface area contributed by atoms with Gasteiger partial charge in [0.25, 0.3) is 0 Å². The molecule has 11 rings (SSSR count). The highest BCUT2D eigenvalue weighted by molar-refractivity contribution is 7.26. The minimum Gasteiger partial charge on any atom is -0.455 e. The number of rotatable bonds is 4. The molecule has 0 saturated heterocycles. The van der Waals surface area contributed by atoms with E-state index in [0.717, 1.165) is 43.3 Å². The number of furan rings is 1. The van der Waals surface area contributed by atoms with E-state index in [4.69, 9.17) is 19.4 Å². The van der Waals surface area contributed by atoms with Crippen LogP contribution < -0.4 is 0 Å². The number of nitrogens with zero attached hydrogens (tertiary/aromatic N) is 4. The highest BCUT2D eigenvalue weighted by Crippen LogP contribution is 2.45. The molecule has 5 nitrogen and oxygen atoms in total. The second-order valence-electron chi connectivity index (χ2n) is 12.8. The first-order valence-electron chi connectivity index (χ1n) is 16.9. The van der Waals surface area contributed by atoms with Gasteiger partial charge in [0.2, 0.25) is 0 Å². The second-order valence-corrected chi connectivity index (χ2v) is 13.8. The molecule has 238 valence electrons. The van der Waals surface area contributed by atoms with Gasteiger partial charge >= 0.3 is 0 Å². The van der Waals surface area contributed by atoms with Crippen LogP contribution in [0.1, 0.15) is 0 Å². The third-order valence-corrected chi connectivity index (χ3v) is 11.0. The van der Waals surface area contributed by atoms with Crippen LogP contribution in [0.4, 0.5) is 0 Å². The summed E-state index contributed by atoms with van der Waals surface area (Å²) in [6, 6.07) is 54.9. The van der Waals surface area contributed by atoms with Gasteiger partial charge in [-0.25, -0.2) is 15.0 Å². The molecule has 0 aliphatic rings. The molecule has 0 bridgehead atoms. The van der Waals surface area contributed by atoms with Crippen molar-refractivity contribution in [2.24, 2.45) is 0 Å². The molecule has 0 atom stereocenters. The molecular weight excluding hydrogens is 645 g/mol. The highest BCUT2D eigenvalue weighted by atomic mass is 32.1. The molecule has 0 aliphatic carbocycles. The van der Waals surface area contributed by atoms with E-state index in [1.165, 1.54) is 43.0 Å². The number of hydrogen-bond donors (Lipinski definition) is 0. The smallest absolute Gasteiger partial charge is 0.164 e. The van der Waals surface area contributed by atoms with Crippen molar-refractivity contribution >= 4 is 75.3 Å². The first-order chi connectivity index (χ1) is 25.3. The Morgan fingerprint density at radius 1 is 0.451 bits per heavy atom. The molecule has 0 saturated carbocycles. The van der Waals surface area contributed by atoms with Crippen molar-refractivity contribution in [3.8, 4) is 39.9 Å². The molecule has 0 unspecified atom stereocenters. The topological polar surface area (TPSA) is 56.7 Å². The molecule has 51 heavy (non-hydrogen) atoms. The van der Waals surface area contributed by atoms with E-state index in [1.807, 2.05) is 60.7 Å². The average molecular weight is 671 g/mol. The maximum absolute atomic E-state index is 6.79. The van der Waals surface area contributed by atoms with E-state index in [2.05, 4.69) is 102 Å². The minimum atomic E-state index is 0.605. The molecule has 0 fully saturated rings. The Morgan fingerprint density at radius 2 is 1.02 bits per heavy atom. The van der Waals surface area contributed by atoms with Gasteiger partial charge in [0.15, 0.2) is 23.1 Å². The van der Waals surface area contributed by atoms with Crippen molar-refractivity contribution in [3.63, 3.8) is 0 Å². The number of benzene rings is 7. The van der Waals surface area contributed by atoms with E-state index in [-0.39, 0.29) is 0 Å². The van der Waals surface area contributed by atoms with Gasteiger partial charge in [-0.1, -0.05) is 115 Å². The van der Waals surface area contributed by atoms with Crippen molar-refractivity contribution in [1.82, 2.24) is 19.5 Å². The molecule has 4 heterocycles. The van der Waals surface area contributed by atoms with Gasteiger partial charge in [0.05, 0.1) is 21.4 Å². The van der Waals surface area contributed by atoms with Crippen molar-refractivity contribution in [3.05, 3.63) is 158 Å². The Morgan fingerprint density at radius 3 is 1.69 bits per heavy atom. The Labute approximate surface area is 295 Å². The number of fused-ring (bicyclic) bond motifs is 10. The van der Waals surface area contributed by atoms with Gasteiger partial charge in [0, 0.05) is 53.7 Å². The molecule has 11 aromatic rings. The lowest BCUT2D eigenvalue weighted by Gasteiger charge is -2.10. The third-order valence-electron chi connectivity index (χ3n) is 9.86. The predicted octanol–water partition coefficient (Wildman–Crippen LogP) is 12.2. The fourth-order valence-electron chi connectivity index (χ4n) is 7.54. The van der Waals surface area contributed by atoms with Crippen molar-refractivity contribution in [2.75, 3.05) is 0 Å². The Balaban J connectivity index is 1.11. The molecule has 6 heteroatoms. The summed E-state index contributed by atoms with van der Waals surface area (Å²) in [6.45, 7) is 0. The number of hydrogen-bond acceptors (Lipinski definition) is 5. The Hall–Kier alpha value is -6.63. The zero-order chi connectivity index (χ0) is 33.5. The van der Waals surface area contributed by atoms with Crippen LogP contribution in [0.3, 0.4) is 0 Å². The summed E-state index contributed by atoms with van der Waals surface area (Å²) in [6.07, 6.45) is 0. The first-order valence-corrected chi connectivity index (χ1v) is 17.8. The number of aromatic nitrogens is 4. The fourth-order valence-corrected chi connectivity index (χ4v) is 8.75. The van der Waals surface area contributed by atoms with Gasteiger partial charge < -0.3 is 8.98 Å². The van der Waals surface area contributed by atoms with Crippen LogP contribution >= 0.6 is 11.3 Å². The highest BCUT2D eigenvalue weighted by Gasteiger charge is 2.20. The molecule has 4 aromatic heterocycles. The number of thiophene rings is 1. The van der Waals surface area contributed by atoms with Gasteiger partial charge in [-0.05, 0) is 42.5 Å². The maximum atomic E-state index is 6.79. The zero-order valence-electron chi connectivity index (χ0n) is 27.1. The summed E-state index contributed by atoms with van der Waals surface area (Å²) < 4.78 is 11.6. The Kier molecular flexibility index (Phi) is 6.05. The molecule has 0 radical (unpaired) electrons. The van der Waals surface area contributed by atoms with E-state index in [1.54, 1.807) is 11.3 Å². The summed E-state index contributed by atoms with van der Waals surface area (Å²) in [4.78, 5) is 14.8. The zero-order valence-corrected chi connectivity index (χ0v) is 27.9. The van der Waals surface area contributed by atoms with Gasteiger partial charge in [-0.2, -0.15) is 0 Å².